The number of nitrogen functional groups attached to an aromatic ring is 1. The second-order valence-electron chi connectivity index (χ2n) is 6.01. The van der Waals surface area contributed by atoms with Gasteiger partial charge in [-0.3, -0.25) is 4.68 Å². The minimum absolute atomic E-state index is 0.143. The van der Waals surface area contributed by atoms with Crippen LogP contribution >= 0.6 is 11.6 Å². The zero-order valence-corrected chi connectivity index (χ0v) is 12.7. The SMILES string of the molecule is Cn1nc(C2(C)CCCC2)c(-c2ccc(Cl)cc2)c1N. The predicted octanol–water partition coefficient (Wildman–Crippen LogP) is 4.15. The molecule has 0 spiro atoms. The molecule has 2 N–H and O–H groups in total. The summed E-state index contributed by atoms with van der Waals surface area (Å²) < 4.78 is 1.79. The molecule has 0 amide bonds. The lowest BCUT2D eigenvalue weighted by molar-refractivity contribution is 0.469. The Morgan fingerprint density at radius 3 is 2.40 bits per heavy atom. The second-order valence-corrected chi connectivity index (χ2v) is 6.44. The van der Waals surface area contributed by atoms with Gasteiger partial charge in [0.05, 0.1) is 5.69 Å². The van der Waals surface area contributed by atoms with Crippen LogP contribution in [0.25, 0.3) is 11.1 Å². The van der Waals surface area contributed by atoms with E-state index < -0.39 is 0 Å². The number of aromatic nitrogens is 2. The summed E-state index contributed by atoms with van der Waals surface area (Å²) in [5, 5.41) is 5.46. The predicted molar refractivity (Wildman–Crippen MR) is 83.9 cm³/mol. The number of aryl methyl sites for hydroxylation is 1. The van der Waals surface area contributed by atoms with Gasteiger partial charge in [-0.25, -0.2) is 0 Å². The molecule has 0 atom stereocenters. The first-order chi connectivity index (χ1) is 9.51. The largest absolute Gasteiger partial charge is 0.383 e. The lowest BCUT2D eigenvalue weighted by atomic mass is 9.81. The number of hydrogen-bond donors (Lipinski definition) is 1. The van der Waals surface area contributed by atoms with E-state index in [9.17, 15) is 0 Å². The molecule has 1 saturated carbocycles. The Balaban J connectivity index is 2.16. The molecule has 1 aromatic carbocycles. The van der Waals surface area contributed by atoms with Crippen LogP contribution in [0, 0.1) is 0 Å². The quantitative estimate of drug-likeness (QED) is 0.902. The molecule has 0 unspecified atom stereocenters. The van der Waals surface area contributed by atoms with E-state index in [1.54, 1.807) is 4.68 Å². The van der Waals surface area contributed by atoms with Gasteiger partial charge < -0.3 is 5.73 Å². The Morgan fingerprint density at radius 1 is 1.20 bits per heavy atom. The van der Waals surface area contributed by atoms with Crippen molar-refractivity contribution >= 4 is 17.4 Å². The van der Waals surface area contributed by atoms with Gasteiger partial charge in [0, 0.05) is 23.0 Å². The molecule has 0 aliphatic heterocycles. The van der Waals surface area contributed by atoms with Gasteiger partial charge in [0.25, 0.3) is 0 Å². The Morgan fingerprint density at radius 2 is 1.80 bits per heavy atom. The molecule has 1 aliphatic rings. The van der Waals surface area contributed by atoms with E-state index in [0.717, 1.165) is 27.7 Å². The fourth-order valence-electron chi connectivity index (χ4n) is 3.25. The van der Waals surface area contributed by atoms with Crippen LogP contribution in [-0.4, -0.2) is 9.78 Å². The summed E-state index contributed by atoms with van der Waals surface area (Å²) in [5.41, 5.74) is 9.72. The molecule has 3 nitrogen and oxygen atoms in total. The number of nitrogens with two attached hydrogens (primary N) is 1. The zero-order chi connectivity index (χ0) is 14.3. The van der Waals surface area contributed by atoms with Crippen LogP contribution in [0.4, 0.5) is 5.82 Å². The molecule has 106 valence electrons. The first-order valence-corrected chi connectivity index (χ1v) is 7.48. The minimum Gasteiger partial charge on any atom is -0.383 e. The van der Waals surface area contributed by atoms with Crippen LogP contribution < -0.4 is 5.73 Å². The molecular formula is C16H20ClN3. The molecule has 0 radical (unpaired) electrons. The lowest BCUT2D eigenvalue weighted by Crippen LogP contribution is -2.18. The Bertz CT molecular complexity index is 622. The van der Waals surface area contributed by atoms with Gasteiger partial charge in [0.2, 0.25) is 0 Å². The van der Waals surface area contributed by atoms with E-state index in [1.807, 2.05) is 31.3 Å². The lowest BCUT2D eigenvalue weighted by Gasteiger charge is -2.22. The maximum Gasteiger partial charge on any atom is 0.129 e. The van der Waals surface area contributed by atoms with Crippen molar-refractivity contribution in [2.45, 2.75) is 38.0 Å². The van der Waals surface area contributed by atoms with E-state index >= 15 is 0 Å². The van der Waals surface area contributed by atoms with Crippen molar-refractivity contribution in [3.8, 4) is 11.1 Å². The number of benzene rings is 1. The van der Waals surface area contributed by atoms with Gasteiger partial charge in [0.15, 0.2) is 0 Å². The highest BCUT2D eigenvalue weighted by Gasteiger charge is 2.36. The Hall–Kier alpha value is -1.48. The van der Waals surface area contributed by atoms with E-state index in [1.165, 1.54) is 25.7 Å². The number of anilines is 1. The number of hydrogen-bond acceptors (Lipinski definition) is 2. The van der Waals surface area contributed by atoms with Gasteiger partial charge in [-0.15, -0.1) is 0 Å². The second kappa shape index (κ2) is 4.81. The molecule has 1 fully saturated rings. The summed E-state index contributed by atoms with van der Waals surface area (Å²) in [6, 6.07) is 7.86. The van der Waals surface area contributed by atoms with Crippen LogP contribution in [-0.2, 0) is 12.5 Å². The topological polar surface area (TPSA) is 43.8 Å². The maximum absolute atomic E-state index is 6.27. The van der Waals surface area contributed by atoms with Crippen LogP contribution in [0.3, 0.4) is 0 Å². The molecule has 3 rings (SSSR count). The van der Waals surface area contributed by atoms with E-state index in [2.05, 4.69) is 6.92 Å². The Labute approximate surface area is 124 Å². The fourth-order valence-corrected chi connectivity index (χ4v) is 3.38. The highest BCUT2D eigenvalue weighted by molar-refractivity contribution is 6.30. The van der Waals surface area contributed by atoms with Gasteiger partial charge >= 0.3 is 0 Å². The molecular weight excluding hydrogens is 270 g/mol. The molecule has 20 heavy (non-hydrogen) atoms. The van der Waals surface area contributed by atoms with Crippen molar-refractivity contribution < 1.29 is 0 Å². The normalized spacial score (nSPS) is 17.6. The smallest absolute Gasteiger partial charge is 0.129 e. The van der Waals surface area contributed by atoms with E-state index in [0.29, 0.717) is 0 Å². The monoisotopic (exact) mass is 289 g/mol. The summed E-state index contributed by atoms with van der Waals surface area (Å²) >= 11 is 5.99. The van der Waals surface area contributed by atoms with Crippen molar-refractivity contribution in [1.29, 1.82) is 0 Å². The molecule has 0 saturated heterocycles. The number of rotatable bonds is 2. The third-order valence-corrected chi connectivity index (χ3v) is 4.76. The maximum atomic E-state index is 6.27. The van der Waals surface area contributed by atoms with Crippen LogP contribution in [0.2, 0.25) is 5.02 Å². The summed E-state index contributed by atoms with van der Waals surface area (Å²) in [4.78, 5) is 0. The molecule has 4 heteroatoms. The van der Waals surface area contributed by atoms with Crippen molar-refractivity contribution in [3.05, 3.63) is 35.0 Å². The van der Waals surface area contributed by atoms with Gasteiger partial charge in [-0.05, 0) is 30.5 Å². The molecule has 1 heterocycles. The van der Waals surface area contributed by atoms with Crippen LogP contribution in [0.15, 0.2) is 24.3 Å². The van der Waals surface area contributed by atoms with Gasteiger partial charge in [0.1, 0.15) is 5.82 Å². The summed E-state index contributed by atoms with van der Waals surface area (Å²) in [5.74, 6) is 0.732. The average molecular weight is 290 g/mol. The van der Waals surface area contributed by atoms with Crippen molar-refractivity contribution in [2.24, 2.45) is 7.05 Å². The van der Waals surface area contributed by atoms with Gasteiger partial charge in [-0.1, -0.05) is 43.5 Å². The molecule has 1 aliphatic carbocycles. The number of halogens is 1. The standard InChI is InChI=1S/C16H20ClN3/c1-16(9-3-4-10-16)14-13(15(18)20(2)19-14)11-5-7-12(17)8-6-11/h5-8H,3-4,9-10,18H2,1-2H3. The highest BCUT2D eigenvalue weighted by atomic mass is 35.5. The molecule has 1 aromatic heterocycles. The first kappa shape index (κ1) is 13.5. The third kappa shape index (κ3) is 2.10. The summed E-state index contributed by atoms with van der Waals surface area (Å²) in [6.07, 6.45) is 4.91. The van der Waals surface area contributed by atoms with E-state index in [-0.39, 0.29) is 5.41 Å². The summed E-state index contributed by atoms with van der Waals surface area (Å²) in [7, 11) is 1.91. The zero-order valence-electron chi connectivity index (χ0n) is 12.0. The summed E-state index contributed by atoms with van der Waals surface area (Å²) in [6.45, 7) is 2.31. The number of nitrogens with zero attached hydrogens (tertiary/aromatic N) is 2. The Kier molecular flexibility index (Phi) is 3.25. The van der Waals surface area contributed by atoms with Crippen molar-refractivity contribution in [3.63, 3.8) is 0 Å². The van der Waals surface area contributed by atoms with E-state index in [4.69, 9.17) is 22.4 Å². The minimum atomic E-state index is 0.143. The molecule has 0 bridgehead atoms. The van der Waals surface area contributed by atoms with Crippen molar-refractivity contribution in [1.82, 2.24) is 9.78 Å². The van der Waals surface area contributed by atoms with Crippen molar-refractivity contribution in [2.75, 3.05) is 5.73 Å². The van der Waals surface area contributed by atoms with Crippen LogP contribution in [0.1, 0.15) is 38.3 Å². The first-order valence-electron chi connectivity index (χ1n) is 7.10. The van der Waals surface area contributed by atoms with Crippen LogP contribution in [0.5, 0.6) is 0 Å². The van der Waals surface area contributed by atoms with Gasteiger partial charge in [-0.2, -0.15) is 5.10 Å². The highest BCUT2D eigenvalue weighted by Crippen LogP contribution is 2.45. The fraction of sp³-hybridized carbons (Fsp3) is 0.438. The third-order valence-electron chi connectivity index (χ3n) is 4.50. The molecule has 2 aromatic rings. The average Bonchev–Trinajstić information content (AvgIpc) is 2.98.